The zero-order valence-corrected chi connectivity index (χ0v) is 15.8. The minimum Gasteiger partial charge on any atom is -0.338 e. The Bertz CT molecular complexity index is 1060. The second-order valence-corrected chi connectivity index (χ2v) is 7.41. The highest BCUT2D eigenvalue weighted by atomic mass is 15.2. The Balaban J connectivity index is 1.94. The predicted molar refractivity (Wildman–Crippen MR) is 117 cm³/mol. The molecule has 0 aromatic heterocycles. The summed E-state index contributed by atoms with van der Waals surface area (Å²) in [5.74, 6) is 0. The molecule has 1 atom stereocenters. The molecule has 4 aromatic carbocycles. The summed E-state index contributed by atoms with van der Waals surface area (Å²) in [6.07, 6.45) is 1.10. The highest BCUT2D eigenvalue weighted by Crippen LogP contribution is 2.49. The number of hydrogen-bond acceptors (Lipinski definition) is 1. The van der Waals surface area contributed by atoms with Gasteiger partial charge in [0.2, 0.25) is 0 Å². The summed E-state index contributed by atoms with van der Waals surface area (Å²) in [4.78, 5) is 2.52. The Morgan fingerprint density at radius 2 is 1.07 bits per heavy atom. The Morgan fingerprint density at radius 1 is 0.630 bits per heavy atom. The van der Waals surface area contributed by atoms with E-state index in [9.17, 15) is 0 Å². The molecular weight excluding hydrogens is 326 g/mol. The molecule has 4 aromatic rings. The van der Waals surface area contributed by atoms with Crippen molar-refractivity contribution in [1.82, 2.24) is 0 Å². The summed E-state index contributed by atoms with van der Waals surface area (Å²) in [5, 5.41) is 2.58. The average molecular weight is 349 g/mol. The maximum atomic E-state index is 2.52. The molecule has 0 spiro atoms. The molecule has 132 valence electrons. The molecule has 1 nitrogen and oxygen atoms in total. The van der Waals surface area contributed by atoms with Crippen LogP contribution in [0.2, 0.25) is 0 Å². The quantitative estimate of drug-likeness (QED) is 0.364. The standard InChI is InChI=1S/C26H23N/c1-3-18(2)27-25-14-8-6-12-21(25)23-16-19-10-4-5-11-20(19)17-24(23)22-13-7-9-15-26(22)27/h4-18H,3H2,1-2H3. The molecule has 1 aliphatic rings. The van der Waals surface area contributed by atoms with Crippen molar-refractivity contribution in [2.45, 2.75) is 26.3 Å². The van der Waals surface area contributed by atoms with Crippen molar-refractivity contribution in [2.24, 2.45) is 0 Å². The van der Waals surface area contributed by atoms with Gasteiger partial charge < -0.3 is 4.90 Å². The van der Waals surface area contributed by atoms with E-state index in [-0.39, 0.29) is 0 Å². The van der Waals surface area contributed by atoms with E-state index < -0.39 is 0 Å². The lowest BCUT2D eigenvalue weighted by Crippen LogP contribution is -2.28. The third-order valence-corrected chi connectivity index (χ3v) is 5.82. The van der Waals surface area contributed by atoms with E-state index in [1.165, 1.54) is 44.4 Å². The van der Waals surface area contributed by atoms with E-state index in [0.717, 1.165) is 6.42 Å². The van der Waals surface area contributed by atoms with Gasteiger partial charge in [0.1, 0.15) is 0 Å². The summed E-state index contributed by atoms with van der Waals surface area (Å²) in [5.41, 5.74) is 7.87. The second kappa shape index (κ2) is 6.28. The van der Waals surface area contributed by atoms with Crippen LogP contribution in [0.15, 0.2) is 84.9 Å². The smallest absolute Gasteiger partial charge is 0.0493 e. The fourth-order valence-corrected chi connectivity index (χ4v) is 4.30. The molecule has 0 radical (unpaired) electrons. The maximum Gasteiger partial charge on any atom is 0.0493 e. The van der Waals surface area contributed by atoms with Crippen LogP contribution in [0.5, 0.6) is 0 Å². The summed E-state index contributed by atoms with van der Waals surface area (Å²) in [6.45, 7) is 4.59. The van der Waals surface area contributed by atoms with E-state index in [1.807, 2.05) is 0 Å². The van der Waals surface area contributed by atoms with Crippen molar-refractivity contribution < 1.29 is 0 Å². The van der Waals surface area contributed by atoms with E-state index in [2.05, 4.69) is 104 Å². The Labute approximate surface area is 160 Å². The third-order valence-electron chi connectivity index (χ3n) is 5.82. The molecule has 1 heteroatoms. The largest absolute Gasteiger partial charge is 0.338 e. The lowest BCUT2D eigenvalue weighted by molar-refractivity contribution is 0.689. The Kier molecular flexibility index (Phi) is 3.75. The van der Waals surface area contributed by atoms with Crippen LogP contribution in [-0.2, 0) is 0 Å². The van der Waals surface area contributed by atoms with E-state index in [0.29, 0.717) is 6.04 Å². The number of para-hydroxylation sites is 2. The van der Waals surface area contributed by atoms with Crippen molar-refractivity contribution in [2.75, 3.05) is 4.90 Å². The fourth-order valence-electron chi connectivity index (χ4n) is 4.30. The first-order chi connectivity index (χ1) is 13.3. The van der Waals surface area contributed by atoms with Crippen molar-refractivity contribution in [3.63, 3.8) is 0 Å². The number of fused-ring (bicyclic) bond motifs is 6. The Hall–Kier alpha value is -3.06. The molecule has 1 aliphatic heterocycles. The van der Waals surface area contributed by atoms with Crippen molar-refractivity contribution in [3.05, 3.63) is 84.9 Å². The monoisotopic (exact) mass is 349 g/mol. The number of hydrogen-bond donors (Lipinski definition) is 0. The molecule has 0 fully saturated rings. The van der Waals surface area contributed by atoms with Crippen LogP contribution in [0.25, 0.3) is 33.0 Å². The molecule has 0 saturated carbocycles. The van der Waals surface area contributed by atoms with Gasteiger partial charge in [-0.25, -0.2) is 0 Å². The van der Waals surface area contributed by atoms with Crippen LogP contribution in [0.4, 0.5) is 11.4 Å². The maximum absolute atomic E-state index is 2.52. The second-order valence-electron chi connectivity index (χ2n) is 7.41. The van der Waals surface area contributed by atoms with Gasteiger partial charge in [-0.3, -0.25) is 0 Å². The normalized spacial score (nSPS) is 13.5. The van der Waals surface area contributed by atoms with Gasteiger partial charge in [-0.05, 0) is 59.5 Å². The van der Waals surface area contributed by atoms with E-state index >= 15 is 0 Å². The van der Waals surface area contributed by atoms with Gasteiger partial charge in [-0.2, -0.15) is 0 Å². The summed E-state index contributed by atoms with van der Waals surface area (Å²) in [7, 11) is 0. The van der Waals surface area contributed by atoms with Crippen LogP contribution in [-0.4, -0.2) is 6.04 Å². The predicted octanol–water partition coefficient (Wildman–Crippen LogP) is 7.42. The fraction of sp³-hybridized carbons (Fsp3) is 0.154. The zero-order chi connectivity index (χ0) is 18.4. The average Bonchev–Trinajstić information content (AvgIpc) is 2.84. The summed E-state index contributed by atoms with van der Waals surface area (Å²) in [6, 6.07) is 31.5. The van der Waals surface area contributed by atoms with Gasteiger partial charge in [0.25, 0.3) is 0 Å². The van der Waals surface area contributed by atoms with Gasteiger partial charge in [0.15, 0.2) is 0 Å². The highest BCUT2D eigenvalue weighted by molar-refractivity contribution is 6.04. The molecule has 1 heterocycles. The number of rotatable bonds is 2. The van der Waals surface area contributed by atoms with E-state index in [4.69, 9.17) is 0 Å². The van der Waals surface area contributed by atoms with E-state index in [1.54, 1.807) is 0 Å². The number of anilines is 2. The molecule has 0 N–H and O–H groups in total. The van der Waals surface area contributed by atoms with Crippen LogP contribution >= 0.6 is 0 Å². The van der Waals surface area contributed by atoms with Crippen LogP contribution < -0.4 is 4.90 Å². The first-order valence-electron chi connectivity index (χ1n) is 9.78. The molecule has 0 bridgehead atoms. The highest BCUT2D eigenvalue weighted by Gasteiger charge is 2.27. The third kappa shape index (κ3) is 2.46. The minimum absolute atomic E-state index is 0.427. The molecule has 1 unspecified atom stereocenters. The first kappa shape index (κ1) is 16.1. The minimum atomic E-state index is 0.427. The van der Waals surface area contributed by atoms with Gasteiger partial charge in [-0.15, -0.1) is 0 Å². The van der Waals surface area contributed by atoms with Crippen molar-refractivity contribution in [3.8, 4) is 22.3 Å². The topological polar surface area (TPSA) is 3.24 Å². The van der Waals surface area contributed by atoms with Crippen molar-refractivity contribution >= 4 is 22.1 Å². The summed E-state index contributed by atoms with van der Waals surface area (Å²) < 4.78 is 0. The molecule has 0 aliphatic carbocycles. The molecular formula is C26H23N. The van der Waals surface area contributed by atoms with Crippen molar-refractivity contribution in [1.29, 1.82) is 0 Å². The van der Waals surface area contributed by atoms with Gasteiger partial charge in [0, 0.05) is 28.5 Å². The molecule has 5 rings (SSSR count). The first-order valence-corrected chi connectivity index (χ1v) is 9.78. The summed E-state index contributed by atoms with van der Waals surface area (Å²) >= 11 is 0. The number of benzene rings is 4. The van der Waals surface area contributed by atoms with Gasteiger partial charge in [-0.1, -0.05) is 67.6 Å². The molecule has 27 heavy (non-hydrogen) atoms. The Morgan fingerprint density at radius 3 is 1.56 bits per heavy atom. The number of nitrogens with zero attached hydrogens (tertiary/aromatic N) is 1. The van der Waals surface area contributed by atoms with Gasteiger partial charge >= 0.3 is 0 Å². The zero-order valence-electron chi connectivity index (χ0n) is 15.8. The molecule has 0 saturated heterocycles. The van der Waals surface area contributed by atoms with Crippen LogP contribution in [0.3, 0.4) is 0 Å². The van der Waals surface area contributed by atoms with Crippen LogP contribution in [0, 0.1) is 0 Å². The lowest BCUT2D eigenvalue weighted by atomic mass is 9.91. The SMILES string of the molecule is CCC(C)N1c2ccccc2-c2cc3ccccc3cc2-c2ccccc21. The van der Waals surface area contributed by atoms with Crippen LogP contribution in [0.1, 0.15) is 20.3 Å². The molecule has 0 amide bonds. The van der Waals surface area contributed by atoms with Gasteiger partial charge in [0.05, 0.1) is 0 Å². The lowest BCUT2D eigenvalue weighted by Gasteiger charge is -2.32.